The molecule has 0 radical (unpaired) electrons. The molecule has 2 heterocycles. The highest BCUT2D eigenvalue weighted by atomic mass is 32.1. The van der Waals surface area contributed by atoms with Crippen LogP contribution in [0.2, 0.25) is 0 Å². The van der Waals surface area contributed by atoms with Gasteiger partial charge in [-0.25, -0.2) is 0 Å². The minimum absolute atomic E-state index is 0.00313. The van der Waals surface area contributed by atoms with Crippen molar-refractivity contribution in [3.05, 3.63) is 59.3 Å². The number of thiocarbonyl (C=S) groups is 1. The number of anilines is 2. The second kappa shape index (κ2) is 7.32. The van der Waals surface area contributed by atoms with E-state index in [1.165, 1.54) is 12.1 Å². The van der Waals surface area contributed by atoms with Gasteiger partial charge in [0.1, 0.15) is 11.6 Å². The quantitative estimate of drug-likeness (QED) is 0.504. The number of halogens is 3. The molecule has 0 aliphatic carbocycles. The molecule has 1 amide bonds. The summed E-state index contributed by atoms with van der Waals surface area (Å²) in [6, 6.07) is 12.0. The summed E-state index contributed by atoms with van der Waals surface area (Å²) in [4.78, 5) is 15.9. The second-order valence-corrected chi connectivity index (χ2v) is 8.49. The highest BCUT2D eigenvalue weighted by molar-refractivity contribution is 7.81. The molecule has 0 saturated carbocycles. The van der Waals surface area contributed by atoms with Crippen LogP contribution in [0.4, 0.5) is 24.5 Å². The van der Waals surface area contributed by atoms with E-state index in [9.17, 15) is 23.2 Å². The summed E-state index contributed by atoms with van der Waals surface area (Å²) in [5.41, 5.74) is -1.19. The molecule has 0 atom stereocenters. The number of rotatable bonds is 2. The van der Waals surface area contributed by atoms with E-state index in [2.05, 4.69) is 6.07 Å². The maximum absolute atomic E-state index is 13.5. The molecule has 10 heteroatoms. The molecule has 1 aliphatic heterocycles. The van der Waals surface area contributed by atoms with E-state index in [1.807, 2.05) is 7.05 Å². The molecule has 4 rings (SSSR count). The summed E-state index contributed by atoms with van der Waals surface area (Å²) in [5.74, 6) is -0.515. The third-order valence-corrected chi connectivity index (χ3v) is 6.07. The number of benzene rings is 2. The summed E-state index contributed by atoms with van der Waals surface area (Å²) in [7, 11) is 1.81. The smallest absolute Gasteiger partial charge is 0.349 e. The lowest BCUT2D eigenvalue weighted by Crippen LogP contribution is -2.44. The number of alkyl halides is 3. The van der Waals surface area contributed by atoms with Crippen molar-refractivity contribution in [1.82, 2.24) is 4.57 Å². The van der Waals surface area contributed by atoms with Crippen molar-refractivity contribution in [1.29, 1.82) is 10.5 Å². The number of carbonyl (C=O) groups is 1. The average molecular weight is 467 g/mol. The van der Waals surface area contributed by atoms with Crippen LogP contribution in [-0.2, 0) is 18.0 Å². The first kappa shape index (κ1) is 22.3. The first-order valence-corrected chi connectivity index (χ1v) is 10.1. The Labute approximate surface area is 192 Å². The number of hydrogen-bond acceptors (Lipinski definition) is 4. The average Bonchev–Trinajstić information content (AvgIpc) is 3.16. The zero-order valence-corrected chi connectivity index (χ0v) is 18.5. The first-order valence-electron chi connectivity index (χ1n) is 9.71. The Kier molecular flexibility index (Phi) is 4.95. The van der Waals surface area contributed by atoms with Gasteiger partial charge in [0.25, 0.3) is 5.91 Å². The van der Waals surface area contributed by atoms with Crippen molar-refractivity contribution in [3.63, 3.8) is 0 Å². The molecular formula is C23H16F3N5OS. The third-order valence-electron chi connectivity index (χ3n) is 5.71. The third kappa shape index (κ3) is 3.31. The molecule has 6 nitrogen and oxygen atoms in total. The van der Waals surface area contributed by atoms with Gasteiger partial charge in [-0.2, -0.15) is 23.7 Å². The van der Waals surface area contributed by atoms with E-state index < -0.39 is 28.7 Å². The van der Waals surface area contributed by atoms with Crippen molar-refractivity contribution in [2.75, 3.05) is 9.80 Å². The molecule has 166 valence electrons. The number of fused-ring (bicyclic) bond motifs is 1. The van der Waals surface area contributed by atoms with E-state index in [1.54, 1.807) is 47.7 Å². The van der Waals surface area contributed by atoms with E-state index >= 15 is 0 Å². The van der Waals surface area contributed by atoms with Crippen LogP contribution in [0.3, 0.4) is 0 Å². The van der Waals surface area contributed by atoms with Crippen LogP contribution >= 0.6 is 12.2 Å². The number of aromatic nitrogens is 1. The minimum atomic E-state index is -4.77. The maximum Gasteiger partial charge on any atom is 0.417 e. The van der Waals surface area contributed by atoms with Gasteiger partial charge >= 0.3 is 6.18 Å². The summed E-state index contributed by atoms with van der Waals surface area (Å²) in [6.07, 6.45) is -3.08. The van der Waals surface area contributed by atoms with Crippen LogP contribution in [-0.4, -0.2) is 21.1 Å². The van der Waals surface area contributed by atoms with Gasteiger partial charge in [-0.3, -0.25) is 9.69 Å². The maximum atomic E-state index is 13.5. The molecule has 0 N–H and O–H groups in total. The fourth-order valence-corrected chi connectivity index (χ4v) is 4.59. The number of hydrogen-bond donors (Lipinski definition) is 0. The molecule has 0 unspecified atom stereocenters. The van der Waals surface area contributed by atoms with Gasteiger partial charge in [0, 0.05) is 29.8 Å². The monoisotopic (exact) mass is 467 g/mol. The van der Waals surface area contributed by atoms with Crippen LogP contribution in [0.25, 0.3) is 10.9 Å². The summed E-state index contributed by atoms with van der Waals surface area (Å²) in [6.45, 7) is 3.24. The molecule has 0 spiro atoms. The van der Waals surface area contributed by atoms with Gasteiger partial charge in [0.05, 0.1) is 28.4 Å². The second-order valence-electron chi connectivity index (χ2n) is 8.12. The van der Waals surface area contributed by atoms with Crippen molar-refractivity contribution in [2.24, 2.45) is 7.05 Å². The Morgan fingerprint density at radius 2 is 1.64 bits per heavy atom. The number of carbonyl (C=O) groups excluding carboxylic acids is 1. The highest BCUT2D eigenvalue weighted by Gasteiger charge is 2.50. The summed E-state index contributed by atoms with van der Waals surface area (Å²) in [5, 5.41) is 19.2. The lowest BCUT2D eigenvalue weighted by atomic mass is 10.0. The van der Waals surface area contributed by atoms with Gasteiger partial charge in [-0.1, -0.05) is 0 Å². The molecule has 1 fully saturated rings. The summed E-state index contributed by atoms with van der Waals surface area (Å²) < 4.78 is 42.3. The Morgan fingerprint density at radius 3 is 2.24 bits per heavy atom. The molecule has 33 heavy (non-hydrogen) atoms. The van der Waals surface area contributed by atoms with Gasteiger partial charge in [-0.15, -0.1) is 0 Å². The largest absolute Gasteiger partial charge is 0.417 e. The lowest BCUT2D eigenvalue weighted by molar-refractivity contribution is -0.137. The van der Waals surface area contributed by atoms with Crippen LogP contribution < -0.4 is 9.80 Å². The number of aryl methyl sites for hydroxylation is 1. The van der Waals surface area contributed by atoms with Crippen LogP contribution in [0.15, 0.2) is 42.6 Å². The molecule has 1 aromatic heterocycles. The van der Waals surface area contributed by atoms with E-state index in [0.717, 1.165) is 22.5 Å². The van der Waals surface area contributed by atoms with Crippen molar-refractivity contribution >= 4 is 45.5 Å². The molecule has 2 aromatic carbocycles. The highest BCUT2D eigenvalue weighted by Crippen LogP contribution is 2.40. The fourth-order valence-electron chi connectivity index (χ4n) is 4.07. The van der Waals surface area contributed by atoms with E-state index in [4.69, 9.17) is 17.5 Å². The molecule has 0 bridgehead atoms. The predicted octanol–water partition coefficient (Wildman–Crippen LogP) is 4.86. The molecule has 3 aromatic rings. The van der Waals surface area contributed by atoms with Crippen LogP contribution in [0.5, 0.6) is 0 Å². The van der Waals surface area contributed by atoms with Crippen molar-refractivity contribution in [3.8, 4) is 12.1 Å². The van der Waals surface area contributed by atoms with E-state index in [-0.39, 0.29) is 10.8 Å². The van der Waals surface area contributed by atoms with Gasteiger partial charge < -0.3 is 9.47 Å². The van der Waals surface area contributed by atoms with Crippen LogP contribution in [0, 0.1) is 22.7 Å². The SMILES string of the molecule is Cn1cc(C#N)c2cc(N3C(=S)N(c4ccc(C#N)c(C(F)(F)F)c4)C(=O)C3(C)C)ccc21. The van der Waals surface area contributed by atoms with Gasteiger partial charge in [0.15, 0.2) is 5.11 Å². The molecule has 1 saturated heterocycles. The van der Waals surface area contributed by atoms with E-state index in [0.29, 0.717) is 16.6 Å². The topological polar surface area (TPSA) is 76.1 Å². The Balaban J connectivity index is 1.85. The van der Waals surface area contributed by atoms with Gasteiger partial charge in [-0.05, 0) is 62.5 Å². The van der Waals surface area contributed by atoms with Crippen molar-refractivity contribution in [2.45, 2.75) is 25.6 Å². The lowest BCUT2D eigenvalue weighted by Gasteiger charge is -2.29. The minimum Gasteiger partial charge on any atom is -0.349 e. The fraction of sp³-hybridized carbons (Fsp3) is 0.217. The zero-order chi connectivity index (χ0) is 24.3. The van der Waals surface area contributed by atoms with Gasteiger partial charge in [0.2, 0.25) is 0 Å². The normalized spacial score (nSPS) is 15.8. The Bertz CT molecular complexity index is 1420. The predicted molar refractivity (Wildman–Crippen MR) is 120 cm³/mol. The zero-order valence-electron chi connectivity index (χ0n) is 17.7. The summed E-state index contributed by atoms with van der Waals surface area (Å²) >= 11 is 5.55. The molecular weight excluding hydrogens is 451 g/mol. The molecule has 1 aliphatic rings. The number of nitrogens with zero attached hydrogens (tertiary/aromatic N) is 5. The van der Waals surface area contributed by atoms with Crippen molar-refractivity contribution < 1.29 is 18.0 Å². The van der Waals surface area contributed by atoms with Crippen LogP contribution in [0.1, 0.15) is 30.5 Å². The standard InChI is InChI=1S/C23H16F3N5OS/c1-22(2)20(32)30(15-5-4-13(10-27)18(9-15)23(24,25)26)21(33)31(22)16-6-7-19-17(8-16)14(11-28)12-29(19)3/h4-9,12H,1-3H3. The Morgan fingerprint density at radius 1 is 1.00 bits per heavy atom. The first-order chi connectivity index (χ1) is 15.4. The Hall–Kier alpha value is -3.89. The number of nitriles is 2. The number of amides is 1.